The third-order valence-electron chi connectivity index (χ3n) is 2.91. The highest BCUT2D eigenvalue weighted by Crippen LogP contribution is 2.26. The summed E-state index contributed by atoms with van der Waals surface area (Å²) in [5.41, 5.74) is 3.14. The standard InChI is InChI=1S/C15H16O2/c1-11-3-7-13(8-4-11)15(16,17)14-9-5-12(2)6-10-14/h3-10,16-17H,1-2H3. The van der Waals surface area contributed by atoms with Crippen LogP contribution in [0.25, 0.3) is 0 Å². The Balaban J connectivity index is 2.41. The maximum absolute atomic E-state index is 10.2. The van der Waals surface area contributed by atoms with Gasteiger partial charge in [0.05, 0.1) is 0 Å². The van der Waals surface area contributed by atoms with Crippen LogP contribution in [0.5, 0.6) is 0 Å². The number of benzene rings is 2. The van der Waals surface area contributed by atoms with Gasteiger partial charge in [0.1, 0.15) is 0 Å². The van der Waals surface area contributed by atoms with Crippen molar-refractivity contribution in [1.29, 1.82) is 0 Å². The summed E-state index contributed by atoms with van der Waals surface area (Å²) in [4.78, 5) is 0. The summed E-state index contributed by atoms with van der Waals surface area (Å²) >= 11 is 0. The van der Waals surface area contributed by atoms with E-state index in [1.54, 1.807) is 24.3 Å². The van der Waals surface area contributed by atoms with Crippen LogP contribution < -0.4 is 0 Å². The number of hydrogen-bond donors (Lipinski definition) is 2. The van der Waals surface area contributed by atoms with Crippen molar-refractivity contribution in [3.8, 4) is 0 Å². The second-order valence-corrected chi connectivity index (χ2v) is 4.40. The summed E-state index contributed by atoms with van der Waals surface area (Å²) in [6.07, 6.45) is 0. The molecule has 0 aliphatic heterocycles. The fourth-order valence-corrected chi connectivity index (χ4v) is 1.74. The molecule has 0 spiro atoms. The lowest BCUT2D eigenvalue weighted by Gasteiger charge is -2.23. The van der Waals surface area contributed by atoms with Crippen LogP contribution in [0.4, 0.5) is 0 Å². The summed E-state index contributed by atoms with van der Waals surface area (Å²) in [6, 6.07) is 14.4. The Bertz CT molecular complexity index is 448. The molecule has 0 saturated carbocycles. The topological polar surface area (TPSA) is 40.5 Å². The van der Waals surface area contributed by atoms with E-state index in [-0.39, 0.29) is 0 Å². The zero-order valence-corrected chi connectivity index (χ0v) is 10.0. The summed E-state index contributed by atoms with van der Waals surface area (Å²) in [6.45, 7) is 3.93. The average molecular weight is 228 g/mol. The van der Waals surface area contributed by atoms with Crippen molar-refractivity contribution in [2.75, 3.05) is 0 Å². The second-order valence-electron chi connectivity index (χ2n) is 4.40. The molecule has 0 amide bonds. The molecule has 2 N–H and O–H groups in total. The first kappa shape index (κ1) is 11.8. The molecule has 0 atom stereocenters. The normalized spacial score (nSPS) is 11.5. The van der Waals surface area contributed by atoms with Crippen molar-refractivity contribution in [3.63, 3.8) is 0 Å². The maximum Gasteiger partial charge on any atom is 0.217 e. The zero-order chi connectivity index (χ0) is 12.5. The third-order valence-corrected chi connectivity index (χ3v) is 2.91. The van der Waals surface area contributed by atoms with Crippen molar-refractivity contribution in [1.82, 2.24) is 0 Å². The van der Waals surface area contributed by atoms with Crippen LogP contribution in [0.2, 0.25) is 0 Å². The summed E-state index contributed by atoms with van der Waals surface area (Å²) in [7, 11) is 0. The van der Waals surface area contributed by atoms with Crippen LogP contribution in [-0.4, -0.2) is 10.2 Å². The van der Waals surface area contributed by atoms with Crippen LogP contribution in [-0.2, 0) is 5.79 Å². The van der Waals surface area contributed by atoms with Crippen LogP contribution in [0.15, 0.2) is 48.5 Å². The summed E-state index contributed by atoms with van der Waals surface area (Å²) < 4.78 is 0. The van der Waals surface area contributed by atoms with E-state index in [9.17, 15) is 10.2 Å². The van der Waals surface area contributed by atoms with Crippen molar-refractivity contribution in [2.45, 2.75) is 19.6 Å². The lowest BCUT2D eigenvalue weighted by Crippen LogP contribution is -2.26. The van der Waals surface area contributed by atoms with E-state index in [4.69, 9.17) is 0 Å². The van der Waals surface area contributed by atoms with Gasteiger partial charge in [0.2, 0.25) is 5.79 Å². The Morgan fingerprint density at radius 1 is 0.647 bits per heavy atom. The largest absolute Gasteiger partial charge is 0.358 e. The van der Waals surface area contributed by atoms with Gasteiger partial charge in [-0.2, -0.15) is 0 Å². The molecule has 0 heterocycles. The van der Waals surface area contributed by atoms with Gasteiger partial charge in [-0.3, -0.25) is 0 Å². The Morgan fingerprint density at radius 3 is 1.24 bits per heavy atom. The van der Waals surface area contributed by atoms with E-state index in [0.29, 0.717) is 11.1 Å². The van der Waals surface area contributed by atoms with Crippen molar-refractivity contribution < 1.29 is 10.2 Å². The molecular formula is C15H16O2. The first-order valence-corrected chi connectivity index (χ1v) is 5.59. The summed E-state index contributed by atoms with van der Waals surface area (Å²) in [5, 5.41) is 20.4. The van der Waals surface area contributed by atoms with Gasteiger partial charge >= 0.3 is 0 Å². The van der Waals surface area contributed by atoms with E-state index in [1.165, 1.54) is 0 Å². The molecule has 0 aliphatic carbocycles. The molecule has 17 heavy (non-hydrogen) atoms. The Labute approximate surface area is 101 Å². The van der Waals surface area contributed by atoms with Gasteiger partial charge in [-0.1, -0.05) is 59.7 Å². The van der Waals surface area contributed by atoms with E-state index in [0.717, 1.165) is 11.1 Å². The Morgan fingerprint density at radius 2 is 0.941 bits per heavy atom. The van der Waals surface area contributed by atoms with Gasteiger partial charge in [-0.25, -0.2) is 0 Å². The van der Waals surface area contributed by atoms with Crippen molar-refractivity contribution in [3.05, 3.63) is 70.8 Å². The second kappa shape index (κ2) is 4.32. The van der Waals surface area contributed by atoms with E-state index < -0.39 is 5.79 Å². The number of aryl methyl sites for hydroxylation is 2. The van der Waals surface area contributed by atoms with Crippen molar-refractivity contribution >= 4 is 0 Å². The molecule has 2 heteroatoms. The molecule has 2 aromatic carbocycles. The summed E-state index contributed by atoms with van der Waals surface area (Å²) in [5.74, 6) is -1.93. The average Bonchev–Trinajstić information content (AvgIpc) is 2.30. The van der Waals surface area contributed by atoms with Crippen LogP contribution in [0, 0.1) is 13.8 Å². The highest BCUT2D eigenvalue weighted by molar-refractivity contribution is 5.35. The Kier molecular flexibility index (Phi) is 3.01. The van der Waals surface area contributed by atoms with Gasteiger partial charge < -0.3 is 10.2 Å². The van der Waals surface area contributed by atoms with Crippen molar-refractivity contribution in [2.24, 2.45) is 0 Å². The molecular weight excluding hydrogens is 212 g/mol. The minimum absolute atomic E-state index is 0.479. The van der Waals surface area contributed by atoms with Gasteiger partial charge in [-0.05, 0) is 13.8 Å². The first-order chi connectivity index (χ1) is 8.00. The van der Waals surface area contributed by atoms with Crippen LogP contribution in [0.3, 0.4) is 0 Å². The molecule has 2 aromatic rings. The monoisotopic (exact) mass is 228 g/mol. The molecule has 0 bridgehead atoms. The molecule has 2 nitrogen and oxygen atoms in total. The van der Waals surface area contributed by atoms with Crippen LogP contribution >= 0.6 is 0 Å². The van der Waals surface area contributed by atoms with Crippen LogP contribution in [0.1, 0.15) is 22.3 Å². The third kappa shape index (κ3) is 2.38. The molecule has 88 valence electrons. The first-order valence-electron chi connectivity index (χ1n) is 5.59. The highest BCUT2D eigenvalue weighted by atomic mass is 16.5. The lowest BCUT2D eigenvalue weighted by atomic mass is 9.96. The fraction of sp³-hybridized carbons (Fsp3) is 0.200. The Hall–Kier alpha value is -1.64. The van der Waals surface area contributed by atoms with E-state index in [2.05, 4.69) is 0 Å². The number of hydrogen-bond acceptors (Lipinski definition) is 2. The molecule has 0 aromatic heterocycles. The van der Waals surface area contributed by atoms with E-state index >= 15 is 0 Å². The quantitative estimate of drug-likeness (QED) is 0.775. The highest BCUT2D eigenvalue weighted by Gasteiger charge is 2.27. The molecule has 0 fully saturated rings. The predicted octanol–water partition coefficient (Wildman–Crippen LogP) is 2.49. The van der Waals surface area contributed by atoms with Gasteiger partial charge in [0, 0.05) is 11.1 Å². The van der Waals surface area contributed by atoms with Gasteiger partial charge in [0.15, 0.2) is 0 Å². The SMILES string of the molecule is Cc1ccc(C(O)(O)c2ccc(C)cc2)cc1. The van der Waals surface area contributed by atoms with Gasteiger partial charge in [-0.15, -0.1) is 0 Å². The molecule has 0 radical (unpaired) electrons. The molecule has 0 saturated heterocycles. The molecule has 0 unspecified atom stereocenters. The minimum Gasteiger partial charge on any atom is -0.358 e. The number of rotatable bonds is 2. The molecule has 2 rings (SSSR count). The molecule has 0 aliphatic rings. The van der Waals surface area contributed by atoms with Gasteiger partial charge in [0.25, 0.3) is 0 Å². The maximum atomic E-state index is 10.2. The minimum atomic E-state index is -1.93. The predicted molar refractivity (Wildman–Crippen MR) is 67.6 cm³/mol. The fourth-order valence-electron chi connectivity index (χ4n) is 1.74. The smallest absolute Gasteiger partial charge is 0.217 e. The zero-order valence-electron chi connectivity index (χ0n) is 10.0. The lowest BCUT2D eigenvalue weighted by molar-refractivity contribution is -0.132. The van der Waals surface area contributed by atoms with E-state index in [1.807, 2.05) is 38.1 Å². The number of aliphatic hydroxyl groups is 2.